The molecule has 0 fully saturated rings. The average Bonchev–Trinajstić information content (AvgIpc) is 3.64. The van der Waals surface area contributed by atoms with Crippen LogP contribution in [0.3, 0.4) is 0 Å². The molecular formula is C42H26N2O2. The van der Waals surface area contributed by atoms with Gasteiger partial charge < -0.3 is 8.83 Å². The van der Waals surface area contributed by atoms with Crippen LogP contribution in [-0.4, -0.2) is 9.97 Å². The Morgan fingerprint density at radius 2 is 1.02 bits per heavy atom. The Kier molecular flexibility index (Phi) is 5.10. The van der Waals surface area contributed by atoms with Gasteiger partial charge in [0.2, 0.25) is 0 Å². The standard InChI is InChI=1S/C42H26N2O2/c1-23-14-16-36-31(18-23)33-21-34-32-19-24(2)15-17-37(32)46-42(34)38(41(33)45-36)26-9-7-8-25(20-26)35-22-43-39-29-12-5-3-10-27(29)28-11-4-6-13-30(28)40(39)44-35/h3-22H,1-2H3. The summed E-state index contributed by atoms with van der Waals surface area (Å²) in [7, 11) is 0. The molecule has 0 aliphatic carbocycles. The molecule has 0 N–H and O–H groups in total. The largest absolute Gasteiger partial charge is 0.455 e. The van der Waals surface area contributed by atoms with E-state index in [9.17, 15) is 0 Å². The van der Waals surface area contributed by atoms with E-state index in [2.05, 4.69) is 129 Å². The maximum absolute atomic E-state index is 6.63. The van der Waals surface area contributed by atoms with Crippen molar-refractivity contribution in [2.75, 3.05) is 0 Å². The molecule has 216 valence electrons. The summed E-state index contributed by atoms with van der Waals surface area (Å²) in [6, 6.07) is 40.4. The van der Waals surface area contributed by atoms with Crippen molar-refractivity contribution in [1.29, 1.82) is 0 Å². The van der Waals surface area contributed by atoms with Gasteiger partial charge in [-0.25, -0.2) is 4.98 Å². The first-order valence-electron chi connectivity index (χ1n) is 15.6. The zero-order valence-corrected chi connectivity index (χ0v) is 25.3. The highest BCUT2D eigenvalue weighted by molar-refractivity contribution is 6.24. The van der Waals surface area contributed by atoms with E-state index in [1.807, 2.05) is 6.20 Å². The van der Waals surface area contributed by atoms with Crippen molar-refractivity contribution in [1.82, 2.24) is 9.97 Å². The summed E-state index contributed by atoms with van der Waals surface area (Å²) in [6.45, 7) is 4.24. The first-order chi connectivity index (χ1) is 22.6. The molecule has 10 rings (SSSR count). The molecule has 0 spiro atoms. The molecule has 0 bridgehead atoms. The molecule has 3 heterocycles. The highest BCUT2D eigenvalue weighted by atomic mass is 16.3. The molecular weight excluding hydrogens is 564 g/mol. The lowest BCUT2D eigenvalue weighted by Gasteiger charge is -2.11. The Morgan fingerprint density at radius 1 is 0.457 bits per heavy atom. The molecule has 0 aliphatic heterocycles. The molecule has 46 heavy (non-hydrogen) atoms. The van der Waals surface area contributed by atoms with Gasteiger partial charge in [-0.3, -0.25) is 4.98 Å². The molecule has 0 atom stereocenters. The van der Waals surface area contributed by atoms with Crippen LogP contribution in [0, 0.1) is 13.8 Å². The predicted molar refractivity (Wildman–Crippen MR) is 189 cm³/mol. The molecule has 0 radical (unpaired) electrons. The van der Waals surface area contributed by atoms with Crippen LogP contribution in [0.1, 0.15) is 11.1 Å². The van der Waals surface area contributed by atoms with Gasteiger partial charge in [-0.2, -0.15) is 0 Å². The van der Waals surface area contributed by atoms with Gasteiger partial charge in [-0.1, -0.05) is 90.0 Å². The second kappa shape index (κ2) is 9.26. The van der Waals surface area contributed by atoms with E-state index >= 15 is 0 Å². The summed E-state index contributed by atoms with van der Waals surface area (Å²) < 4.78 is 13.3. The fourth-order valence-electron chi connectivity index (χ4n) is 7.22. The minimum absolute atomic E-state index is 0.818. The SMILES string of the molecule is Cc1ccc2oc3c(-c4cccc(-c5cnc6c7ccccc7c7ccccc7c6n5)c4)c4oc5ccc(C)cc5c4cc3c2c1. The van der Waals surface area contributed by atoms with Crippen molar-refractivity contribution in [3.8, 4) is 22.4 Å². The fourth-order valence-corrected chi connectivity index (χ4v) is 7.22. The van der Waals surface area contributed by atoms with E-state index in [4.69, 9.17) is 18.8 Å². The first-order valence-corrected chi connectivity index (χ1v) is 15.6. The highest BCUT2D eigenvalue weighted by Crippen LogP contribution is 2.45. The van der Waals surface area contributed by atoms with Crippen LogP contribution in [-0.2, 0) is 0 Å². The number of hydrogen-bond donors (Lipinski definition) is 0. The van der Waals surface area contributed by atoms with Crippen molar-refractivity contribution in [2.24, 2.45) is 0 Å². The third-order valence-electron chi connectivity index (χ3n) is 9.38. The van der Waals surface area contributed by atoms with Crippen LogP contribution in [0.25, 0.3) is 98.8 Å². The summed E-state index contributed by atoms with van der Waals surface area (Å²) in [5.74, 6) is 0. The van der Waals surface area contributed by atoms with Crippen LogP contribution >= 0.6 is 0 Å². The third-order valence-corrected chi connectivity index (χ3v) is 9.38. The molecule has 3 aromatic heterocycles. The van der Waals surface area contributed by atoms with E-state index in [0.717, 1.165) is 88.1 Å². The zero-order chi connectivity index (χ0) is 30.5. The molecule has 0 unspecified atom stereocenters. The van der Waals surface area contributed by atoms with Crippen molar-refractivity contribution in [3.05, 3.63) is 133 Å². The lowest BCUT2D eigenvalue weighted by atomic mass is 9.96. The molecule has 10 aromatic rings. The number of furan rings is 2. The molecule has 4 nitrogen and oxygen atoms in total. The zero-order valence-electron chi connectivity index (χ0n) is 25.3. The van der Waals surface area contributed by atoms with E-state index in [0.29, 0.717) is 0 Å². The molecule has 0 saturated carbocycles. The Morgan fingerprint density at radius 3 is 1.65 bits per heavy atom. The van der Waals surface area contributed by atoms with Crippen LogP contribution < -0.4 is 0 Å². The number of benzene rings is 7. The quantitative estimate of drug-likeness (QED) is 0.188. The van der Waals surface area contributed by atoms with Gasteiger partial charge >= 0.3 is 0 Å². The monoisotopic (exact) mass is 590 g/mol. The van der Waals surface area contributed by atoms with Crippen molar-refractivity contribution in [2.45, 2.75) is 13.8 Å². The number of nitrogens with zero attached hydrogens (tertiary/aromatic N) is 2. The molecule has 0 saturated heterocycles. The smallest absolute Gasteiger partial charge is 0.147 e. The van der Waals surface area contributed by atoms with Crippen LogP contribution in [0.5, 0.6) is 0 Å². The van der Waals surface area contributed by atoms with Gasteiger partial charge in [0.05, 0.1) is 28.5 Å². The van der Waals surface area contributed by atoms with E-state index in [-0.39, 0.29) is 0 Å². The Labute approximate surface area is 263 Å². The number of hydrogen-bond acceptors (Lipinski definition) is 4. The lowest BCUT2D eigenvalue weighted by molar-refractivity contribution is 0.658. The molecule has 7 aromatic carbocycles. The van der Waals surface area contributed by atoms with Gasteiger partial charge in [-0.15, -0.1) is 0 Å². The minimum atomic E-state index is 0.818. The maximum Gasteiger partial charge on any atom is 0.147 e. The van der Waals surface area contributed by atoms with E-state index in [1.54, 1.807) is 0 Å². The fraction of sp³-hybridized carbons (Fsp3) is 0.0476. The average molecular weight is 591 g/mol. The molecule has 0 amide bonds. The number of rotatable bonds is 2. The highest BCUT2D eigenvalue weighted by Gasteiger charge is 2.22. The van der Waals surface area contributed by atoms with Gasteiger partial charge in [0, 0.05) is 37.9 Å². The van der Waals surface area contributed by atoms with Crippen molar-refractivity contribution < 1.29 is 8.83 Å². The van der Waals surface area contributed by atoms with Crippen LogP contribution in [0.2, 0.25) is 0 Å². The summed E-state index contributed by atoms with van der Waals surface area (Å²) in [5.41, 5.74) is 11.3. The maximum atomic E-state index is 6.63. The molecule has 0 aliphatic rings. The van der Waals surface area contributed by atoms with Crippen LogP contribution in [0.4, 0.5) is 0 Å². The van der Waals surface area contributed by atoms with Gasteiger partial charge in [0.25, 0.3) is 0 Å². The number of fused-ring (bicyclic) bond motifs is 12. The second-order valence-corrected chi connectivity index (χ2v) is 12.3. The van der Waals surface area contributed by atoms with Gasteiger partial charge in [0.1, 0.15) is 22.3 Å². The first kappa shape index (κ1) is 25.3. The summed E-state index contributed by atoms with van der Waals surface area (Å²) in [5, 5.41) is 8.96. The van der Waals surface area contributed by atoms with Gasteiger partial charge in [0.15, 0.2) is 0 Å². The minimum Gasteiger partial charge on any atom is -0.455 e. The second-order valence-electron chi connectivity index (χ2n) is 12.3. The summed E-state index contributed by atoms with van der Waals surface area (Å²) in [4.78, 5) is 10.3. The summed E-state index contributed by atoms with van der Waals surface area (Å²) in [6.07, 6.45) is 1.90. The Bertz CT molecular complexity index is 2760. The van der Waals surface area contributed by atoms with Gasteiger partial charge in [-0.05, 0) is 66.6 Å². The number of aromatic nitrogens is 2. The predicted octanol–water partition coefficient (Wildman–Crippen LogP) is 11.7. The third kappa shape index (κ3) is 3.55. The normalized spacial score (nSPS) is 12.1. The van der Waals surface area contributed by atoms with E-state index in [1.165, 1.54) is 21.9 Å². The lowest BCUT2D eigenvalue weighted by Crippen LogP contribution is -1.92. The molecule has 4 heteroatoms. The van der Waals surface area contributed by atoms with Crippen molar-refractivity contribution in [3.63, 3.8) is 0 Å². The Hall–Kier alpha value is -6.00. The van der Waals surface area contributed by atoms with E-state index < -0.39 is 0 Å². The summed E-state index contributed by atoms with van der Waals surface area (Å²) >= 11 is 0. The van der Waals surface area contributed by atoms with Crippen LogP contribution in [0.15, 0.2) is 130 Å². The Balaban J connectivity index is 1.26. The number of aryl methyl sites for hydroxylation is 2. The topological polar surface area (TPSA) is 52.1 Å². The van der Waals surface area contributed by atoms with Crippen molar-refractivity contribution >= 4 is 76.5 Å².